The lowest BCUT2D eigenvalue weighted by molar-refractivity contribution is 0.948. The molecular formula is C6H12N2. The highest BCUT2D eigenvalue weighted by Crippen LogP contribution is 1.82. The zero-order valence-electron chi connectivity index (χ0n) is 5.36. The van der Waals surface area contributed by atoms with Crippen molar-refractivity contribution in [2.45, 2.75) is 13.8 Å². The molecule has 0 heterocycles. The number of nitrogens with one attached hydrogen (secondary N) is 1. The van der Waals surface area contributed by atoms with Gasteiger partial charge in [0, 0.05) is 5.70 Å². The molecule has 0 aromatic carbocycles. The Morgan fingerprint density at radius 2 is 2.25 bits per heavy atom. The van der Waals surface area contributed by atoms with Crippen molar-refractivity contribution < 1.29 is 0 Å². The third-order valence-electron chi connectivity index (χ3n) is 0.669. The summed E-state index contributed by atoms with van der Waals surface area (Å²) in [5, 5.41) is 2.84. The van der Waals surface area contributed by atoms with E-state index in [9.17, 15) is 0 Å². The fourth-order valence-electron chi connectivity index (χ4n) is 0.319. The quantitative estimate of drug-likeness (QED) is 0.557. The maximum absolute atomic E-state index is 5.36. The zero-order chi connectivity index (χ0) is 6.57. The van der Waals surface area contributed by atoms with Crippen LogP contribution in [0.4, 0.5) is 0 Å². The lowest BCUT2D eigenvalue weighted by Gasteiger charge is -2.01. The summed E-state index contributed by atoms with van der Waals surface area (Å²) >= 11 is 0. The second kappa shape index (κ2) is 3.13. The average Bonchev–Trinajstić information content (AvgIpc) is 1.65. The lowest BCUT2D eigenvalue weighted by atomic mass is 10.5. The lowest BCUT2D eigenvalue weighted by Crippen LogP contribution is -2.16. The molecule has 3 N–H and O–H groups in total. The van der Waals surface area contributed by atoms with E-state index in [1.54, 1.807) is 6.08 Å². The van der Waals surface area contributed by atoms with Crippen LogP contribution >= 0.6 is 0 Å². The van der Waals surface area contributed by atoms with Crippen molar-refractivity contribution in [1.82, 2.24) is 5.32 Å². The first kappa shape index (κ1) is 7.08. The maximum Gasteiger partial charge on any atom is 0.0958 e. The van der Waals surface area contributed by atoms with Crippen molar-refractivity contribution in [2.75, 3.05) is 0 Å². The van der Waals surface area contributed by atoms with E-state index in [2.05, 4.69) is 11.9 Å². The predicted molar refractivity (Wildman–Crippen MR) is 35.9 cm³/mol. The van der Waals surface area contributed by atoms with Gasteiger partial charge in [-0.2, -0.15) is 0 Å². The van der Waals surface area contributed by atoms with Crippen LogP contribution in [0.1, 0.15) is 13.8 Å². The van der Waals surface area contributed by atoms with Gasteiger partial charge in [-0.15, -0.1) is 0 Å². The van der Waals surface area contributed by atoms with Crippen LogP contribution in [-0.4, -0.2) is 0 Å². The molecular weight excluding hydrogens is 100 g/mol. The monoisotopic (exact) mass is 112 g/mol. The van der Waals surface area contributed by atoms with Crippen LogP contribution in [0, 0.1) is 0 Å². The molecule has 0 fully saturated rings. The van der Waals surface area contributed by atoms with Crippen LogP contribution in [0.2, 0.25) is 0 Å². The summed E-state index contributed by atoms with van der Waals surface area (Å²) in [6.45, 7) is 7.33. The third kappa shape index (κ3) is 3.28. The second-order valence-electron chi connectivity index (χ2n) is 1.65. The van der Waals surface area contributed by atoms with Gasteiger partial charge in [-0.25, -0.2) is 0 Å². The number of hydrogen-bond donors (Lipinski definition) is 2. The van der Waals surface area contributed by atoms with Crippen LogP contribution in [-0.2, 0) is 0 Å². The molecule has 0 rings (SSSR count). The van der Waals surface area contributed by atoms with E-state index in [0.717, 1.165) is 5.70 Å². The molecule has 0 bridgehead atoms. The Hall–Kier alpha value is -0.920. The highest BCUT2D eigenvalue weighted by molar-refractivity contribution is 5.01. The van der Waals surface area contributed by atoms with E-state index in [4.69, 9.17) is 5.73 Å². The van der Waals surface area contributed by atoms with Gasteiger partial charge in [0.15, 0.2) is 0 Å². The molecule has 0 radical (unpaired) electrons. The molecule has 0 aromatic rings. The summed E-state index contributed by atoms with van der Waals surface area (Å²) in [5.74, 6) is 0.650. The molecule has 0 aromatic heterocycles. The molecule has 0 aliphatic heterocycles. The van der Waals surface area contributed by atoms with Crippen molar-refractivity contribution in [2.24, 2.45) is 5.73 Å². The Bertz CT molecular complexity index is 114. The van der Waals surface area contributed by atoms with Crippen LogP contribution in [0.5, 0.6) is 0 Å². The third-order valence-corrected chi connectivity index (χ3v) is 0.669. The van der Waals surface area contributed by atoms with Gasteiger partial charge in [-0.05, 0) is 19.9 Å². The number of hydrogen-bond acceptors (Lipinski definition) is 2. The molecule has 0 atom stereocenters. The topological polar surface area (TPSA) is 38.0 Å². The van der Waals surface area contributed by atoms with Gasteiger partial charge >= 0.3 is 0 Å². The molecule has 0 aliphatic carbocycles. The highest BCUT2D eigenvalue weighted by atomic mass is 15.0. The van der Waals surface area contributed by atoms with Gasteiger partial charge in [0.1, 0.15) is 0 Å². The van der Waals surface area contributed by atoms with Crippen LogP contribution < -0.4 is 11.1 Å². The van der Waals surface area contributed by atoms with Crippen molar-refractivity contribution in [3.8, 4) is 0 Å². The highest BCUT2D eigenvalue weighted by Gasteiger charge is 1.81. The van der Waals surface area contributed by atoms with Gasteiger partial charge in [-0.1, -0.05) is 6.58 Å². The Morgan fingerprint density at radius 1 is 1.75 bits per heavy atom. The fourth-order valence-corrected chi connectivity index (χ4v) is 0.319. The summed E-state index contributed by atoms with van der Waals surface area (Å²) in [5.41, 5.74) is 6.22. The minimum atomic E-state index is 0.650. The van der Waals surface area contributed by atoms with E-state index in [1.165, 1.54) is 0 Å². The van der Waals surface area contributed by atoms with Crippen molar-refractivity contribution >= 4 is 0 Å². The maximum atomic E-state index is 5.36. The SMILES string of the molecule is C=C(C)N/C(N)=C\C. The number of nitrogens with two attached hydrogens (primary N) is 1. The first-order chi connectivity index (χ1) is 3.66. The largest absolute Gasteiger partial charge is 0.386 e. The Kier molecular flexibility index (Phi) is 2.77. The normalized spacial score (nSPS) is 11.0. The summed E-state index contributed by atoms with van der Waals surface area (Å²) in [6, 6.07) is 0. The Labute approximate surface area is 50.1 Å². The van der Waals surface area contributed by atoms with Crippen molar-refractivity contribution in [3.63, 3.8) is 0 Å². The standard InChI is InChI=1S/C6H12N2/c1-4-6(7)8-5(2)3/h4,8H,2,7H2,1,3H3/b6-4-. The first-order valence-corrected chi connectivity index (χ1v) is 2.51. The van der Waals surface area contributed by atoms with Gasteiger partial charge in [0.25, 0.3) is 0 Å². The summed E-state index contributed by atoms with van der Waals surface area (Å²) in [7, 11) is 0. The molecule has 2 nitrogen and oxygen atoms in total. The minimum absolute atomic E-state index is 0.650. The van der Waals surface area contributed by atoms with Crippen LogP contribution in [0.3, 0.4) is 0 Å². The van der Waals surface area contributed by atoms with Gasteiger partial charge in [0.2, 0.25) is 0 Å². The summed E-state index contributed by atoms with van der Waals surface area (Å²) < 4.78 is 0. The number of rotatable bonds is 2. The van der Waals surface area contributed by atoms with E-state index in [0.29, 0.717) is 5.82 Å². The molecule has 2 heteroatoms. The summed E-state index contributed by atoms with van der Waals surface area (Å²) in [4.78, 5) is 0. The molecule has 0 spiro atoms. The first-order valence-electron chi connectivity index (χ1n) is 2.51. The van der Waals surface area contributed by atoms with E-state index >= 15 is 0 Å². The number of allylic oxidation sites excluding steroid dienone is 2. The van der Waals surface area contributed by atoms with Gasteiger partial charge < -0.3 is 11.1 Å². The summed E-state index contributed by atoms with van der Waals surface area (Å²) in [6.07, 6.45) is 1.79. The second-order valence-corrected chi connectivity index (χ2v) is 1.65. The van der Waals surface area contributed by atoms with E-state index < -0.39 is 0 Å². The van der Waals surface area contributed by atoms with Crippen molar-refractivity contribution in [1.29, 1.82) is 0 Å². The predicted octanol–water partition coefficient (Wildman–Crippen LogP) is 0.930. The van der Waals surface area contributed by atoms with E-state index in [-0.39, 0.29) is 0 Å². The molecule has 46 valence electrons. The van der Waals surface area contributed by atoms with Crippen molar-refractivity contribution in [3.05, 3.63) is 24.2 Å². The molecule has 0 unspecified atom stereocenters. The van der Waals surface area contributed by atoms with Crippen LogP contribution in [0.15, 0.2) is 24.2 Å². The Morgan fingerprint density at radius 3 is 2.38 bits per heavy atom. The van der Waals surface area contributed by atoms with Gasteiger partial charge in [0.05, 0.1) is 5.82 Å². The molecule has 0 amide bonds. The molecule has 0 saturated heterocycles. The van der Waals surface area contributed by atoms with E-state index in [1.807, 2.05) is 13.8 Å². The molecule has 0 aliphatic rings. The zero-order valence-corrected chi connectivity index (χ0v) is 5.36. The van der Waals surface area contributed by atoms with Crippen LogP contribution in [0.25, 0.3) is 0 Å². The van der Waals surface area contributed by atoms with Gasteiger partial charge in [-0.3, -0.25) is 0 Å². The molecule has 0 saturated carbocycles. The minimum Gasteiger partial charge on any atom is -0.386 e. The Balaban J connectivity index is 3.56. The smallest absolute Gasteiger partial charge is 0.0958 e. The fraction of sp³-hybridized carbons (Fsp3) is 0.333. The molecule has 8 heavy (non-hydrogen) atoms. The average molecular weight is 112 g/mol.